The van der Waals surface area contributed by atoms with E-state index in [0.717, 1.165) is 19.3 Å². The lowest BCUT2D eigenvalue weighted by molar-refractivity contribution is 0.0319. The molecule has 0 aliphatic heterocycles. The molecule has 0 amide bonds. The molecule has 0 aliphatic rings. The quantitative estimate of drug-likeness (QED) is 0.643. The Balaban J connectivity index is 3.64. The lowest BCUT2D eigenvalue weighted by Gasteiger charge is -2.24. The van der Waals surface area contributed by atoms with E-state index in [2.05, 4.69) is 13.8 Å². The van der Waals surface area contributed by atoms with Crippen LogP contribution in [0.3, 0.4) is 0 Å². The molecule has 2 atom stereocenters. The molecule has 0 unspecified atom stereocenters. The minimum Gasteiger partial charge on any atom is -0.390 e. The Labute approximate surface area is 64.5 Å². The van der Waals surface area contributed by atoms with Crippen LogP contribution in [0.1, 0.15) is 47.0 Å². The zero-order chi connectivity index (χ0) is 8.20. The molecule has 0 heterocycles. The van der Waals surface area contributed by atoms with Crippen LogP contribution in [0.15, 0.2) is 0 Å². The van der Waals surface area contributed by atoms with E-state index in [1.54, 1.807) is 0 Å². The summed E-state index contributed by atoms with van der Waals surface area (Å²) in [5.74, 6) is 0.648. The fraction of sp³-hybridized carbons (Fsp3) is 1.00. The zero-order valence-electron chi connectivity index (χ0n) is 7.65. The molecule has 0 saturated carbocycles. The highest BCUT2D eigenvalue weighted by atomic mass is 16.3. The monoisotopic (exact) mass is 144 g/mol. The molecular weight excluding hydrogens is 124 g/mol. The first-order valence-electron chi connectivity index (χ1n) is 4.24. The van der Waals surface area contributed by atoms with Gasteiger partial charge < -0.3 is 5.11 Å². The summed E-state index contributed by atoms with van der Waals surface area (Å²) in [4.78, 5) is 0. The Bertz CT molecular complexity index is 86.7. The van der Waals surface area contributed by atoms with Crippen molar-refractivity contribution in [1.82, 2.24) is 0 Å². The molecule has 0 aromatic rings. The second-order valence-electron chi connectivity index (χ2n) is 3.57. The third-order valence-corrected chi connectivity index (χ3v) is 2.25. The molecule has 0 aromatic carbocycles. The van der Waals surface area contributed by atoms with Crippen LogP contribution in [0.25, 0.3) is 0 Å². The fourth-order valence-corrected chi connectivity index (χ4v) is 1.04. The van der Waals surface area contributed by atoms with Crippen molar-refractivity contribution in [3.05, 3.63) is 0 Å². The Morgan fingerprint density at radius 2 is 1.90 bits per heavy atom. The summed E-state index contributed by atoms with van der Waals surface area (Å²) in [6, 6.07) is 0. The largest absolute Gasteiger partial charge is 0.390 e. The van der Waals surface area contributed by atoms with Gasteiger partial charge in [-0.3, -0.25) is 0 Å². The van der Waals surface area contributed by atoms with Crippen LogP contribution in [0.5, 0.6) is 0 Å². The highest BCUT2D eigenvalue weighted by Gasteiger charge is 2.19. The lowest BCUT2D eigenvalue weighted by Crippen LogP contribution is -2.25. The van der Waals surface area contributed by atoms with Crippen molar-refractivity contribution in [2.75, 3.05) is 0 Å². The number of rotatable bonds is 4. The molecule has 0 radical (unpaired) electrons. The van der Waals surface area contributed by atoms with Crippen molar-refractivity contribution in [3.63, 3.8) is 0 Å². The average Bonchev–Trinajstić information content (AvgIpc) is 1.87. The minimum absolute atomic E-state index is 0.435. The first-order chi connectivity index (χ1) is 4.52. The lowest BCUT2D eigenvalue weighted by atomic mass is 9.90. The number of aliphatic hydroxyl groups is 1. The Morgan fingerprint density at radius 1 is 1.40 bits per heavy atom. The van der Waals surface area contributed by atoms with E-state index in [0.29, 0.717) is 5.92 Å². The first kappa shape index (κ1) is 9.96. The van der Waals surface area contributed by atoms with E-state index >= 15 is 0 Å². The normalized spacial score (nSPS) is 20.1. The van der Waals surface area contributed by atoms with Gasteiger partial charge in [-0.2, -0.15) is 0 Å². The third-order valence-electron chi connectivity index (χ3n) is 2.25. The standard InChI is InChI=1S/C9H20O/c1-5-8(3)7-9(4,10)6-2/h8,10H,5-7H2,1-4H3/t8-,9-/m1/s1. The van der Waals surface area contributed by atoms with Gasteiger partial charge in [0, 0.05) is 0 Å². The first-order valence-corrected chi connectivity index (χ1v) is 4.24. The summed E-state index contributed by atoms with van der Waals surface area (Å²) in [5.41, 5.74) is -0.435. The molecule has 1 nitrogen and oxygen atoms in total. The predicted molar refractivity (Wildman–Crippen MR) is 45.0 cm³/mol. The maximum absolute atomic E-state index is 9.62. The molecule has 62 valence electrons. The van der Waals surface area contributed by atoms with Crippen LogP contribution in [0, 0.1) is 5.92 Å². The molecular formula is C9H20O. The van der Waals surface area contributed by atoms with Crippen LogP contribution in [-0.4, -0.2) is 10.7 Å². The molecule has 0 rings (SSSR count). The van der Waals surface area contributed by atoms with Crippen LogP contribution in [0.4, 0.5) is 0 Å². The highest BCUT2D eigenvalue weighted by molar-refractivity contribution is 4.72. The second-order valence-corrected chi connectivity index (χ2v) is 3.57. The van der Waals surface area contributed by atoms with Crippen LogP contribution < -0.4 is 0 Å². The van der Waals surface area contributed by atoms with Gasteiger partial charge in [-0.05, 0) is 25.7 Å². The SMILES string of the molecule is CC[C@@H](C)C[C@](C)(O)CC. The van der Waals surface area contributed by atoms with E-state index < -0.39 is 5.60 Å². The maximum Gasteiger partial charge on any atom is 0.0619 e. The summed E-state index contributed by atoms with van der Waals surface area (Å²) in [6.07, 6.45) is 2.95. The Morgan fingerprint density at radius 3 is 2.20 bits per heavy atom. The summed E-state index contributed by atoms with van der Waals surface area (Å²) in [6.45, 7) is 8.29. The predicted octanol–water partition coefficient (Wildman–Crippen LogP) is 2.58. The molecule has 0 fully saturated rings. The molecule has 1 N–H and O–H groups in total. The van der Waals surface area contributed by atoms with Crippen molar-refractivity contribution in [1.29, 1.82) is 0 Å². The van der Waals surface area contributed by atoms with Crippen molar-refractivity contribution in [3.8, 4) is 0 Å². The van der Waals surface area contributed by atoms with Crippen LogP contribution >= 0.6 is 0 Å². The average molecular weight is 144 g/mol. The van der Waals surface area contributed by atoms with Gasteiger partial charge in [0.05, 0.1) is 5.60 Å². The molecule has 10 heavy (non-hydrogen) atoms. The fourth-order valence-electron chi connectivity index (χ4n) is 1.04. The molecule has 0 saturated heterocycles. The smallest absolute Gasteiger partial charge is 0.0619 e. The summed E-state index contributed by atoms with van der Waals surface area (Å²) in [7, 11) is 0. The Kier molecular flexibility index (Phi) is 3.95. The van der Waals surface area contributed by atoms with E-state index in [9.17, 15) is 5.11 Å². The van der Waals surface area contributed by atoms with Gasteiger partial charge >= 0.3 is 0 Å². The van der Waals surface area contributed by atoms with Gasteiger partial charge in [0.1, 0.15) is 0 Å². The molecule has 0 bridgehead atoms. The molecule has 0 aliphatic carbocycles. The van der Waals surface area contributed by atoms with Crippen LogP contribution in [0.2, 0.25) is 0 Å². The molecule has 1 heteroatoms. The summed E-state index contributed by atoms with van der Waals surface area (Å²) >= 11 is 0. The Hall–Kier alpha value is -0.0400. The van der Waals surface area contributed by atoms with E-state index in [1.165, 1.54) is 0 Å². The highest BCUT2D eigenvalue weighted by Crippen LogP contribution is 2.21. The van der Waals surface area contributed by atoms with Crippen molar-refractivity contribution in [2.24, 2.45) is 5.92 Å². The zero-order valence-corrected chi connectivity index (χ0v) is 7.65. The van der Waals surface area contributed by atoms with Crippen molar-refractivity contribution < 1.29 is 5.11 Å². The topological polar surface area (TPSA) is 20.2 Å². The minimum atomic E-state index is -0.435. The van der Waals surface area contributed by atoms with Gasteiger partial charge in [-0.25, -0.2) is 0 Å². The van der Waals surface area contributed by atoms with Crippen LogP contribution in [-0.2, 0) is 0 Å². The van der Waals surface area contributed by atoms with Gasteiger partial charge in [0.2, 0.25) is 0 Å². The van der Waals surface area contributed by atoms with Gasteiger partial charge in [0.25, 0.3) is 0 Å². The van der Waals surface area contributed by atoms with Gasteiger partial charge in [0.15, 0.2) is 0 Å². The van der Waals surface area contributed by atoms with Gasteiger partial charge in [-0.1, -0.05) is 27.2 Å². The third kappa shape index (κ3) is 3.89. The van der Waals surface area contributed by atoms with Crippen molar-refractivity contribution in [2.45, 2.75) is 52.6 Å². The second kappa shape index (κ2) is 3.97. The number of hydrogen-bond acceptors (Lipinski definition) is 1. The molecule has 0 spiro atoms. The molecule has 0 aromatic heterocycles. The summed E-state index contributed by atoms with van der Waals surface area (Å²) < 4.78 is 0. The summed E-state index contributed by atoms with van der Waals surface area (Å²) in [5, 5.41) is 9.62. The van der Waals surface area contributed by atoms with Crippen molar-refractivity contribution >= 4 is 0 Å². The maximum atomic E-state index is 9.62. The van der Waals surface area contributed by atoms with E-state index in [1.807, 2.05) is 13.8 Å². The van der Waals surface area contributed by atoms with E-state index in [-0.39, 0.29) is 0 Å². The van der Waals surface area contributed by atoms with E-state index in [4.69, 9.17) is 0 Å². The number of hydrogen-bond donors (Lipinski definition) is 1. The van der Waals surface area contributed by atoms with Gasteiger partial charge in [-0.15, -0.1) is 0 Å².